The van der Waals surface area contributed by atoms with Gasteiger partial charge in [-0.25, -0.2) is 10.1 Å². The van der Waals surface area contributed by atoms with Gasteiger partial charge in [0.2, 0.25) is 5.91 Å². The van der Waals surface area contributed by atoms with E-state index in [9.17, 15) is 35.9 Å². The van der Waals surface area contributed by atoms with Gasteiger partial charge in [0.25, 0.3) is 5.56 Å². The molecule has 0 saturated carbocycles. The summed E-state index contributed by atoms with van der Waals surface area (Å²) in [6.45, 7) is 3.20. The zero-order valence-corrected chi connectivity index (χ0v) is 21.8. The maximum Gasteiger partial charge on any atom is 0.423 e. The highest BCUT2D eigenvalue weighted by atomic mass is 19.4. The van der Waals surface area contributed by atoms with Gasteiger partial charge in [0, 0.05) is 51.5 Å². The van der Waals surface area contributed by atoms with Crippen molar-refractivity contribution < 1.29 is 35.9 Å². The molecule has 10 nitrogen and oxygen atoms in total. The lowest BCUT2D eigenvalue weighted by molar-refractivity contribution is -0.138. The lowest BCUT2D eigenvalue weighted by Gasteiger charge is -2.41. The largest absolute Gasteiger partial charge is 0.423 e. The molecule has 0 aromatic carbocycles. The van der Waals surface area contributed by atoms with Crippen molar-refractivity contribution in [1.29, 1.82) is 0 Å². The van der Waals surface area contributed by atoms with Crippen LogP contribution in [0.25, 0.3) is 0 Å². The molecule has 2 atom stereocenters. The van der Waals surface area contributed by atoms with Gasteiger partial charge in [0.1, 0.15) is 5.56 Å². The molecule has 0 unspecified atom stereocenters. The molecule has 1 amide bonds. The maximum atomic E-state index is 13.2. The van der Waals surface area contributed by atoms with Gasteiger partial charge in [-0.1, -0.05) is 0 Å². The number of halogens is 6. The first-order chi connectivity index (χ1) is 18.8. The number of ether oxygens (including phenoxy) is 1. The molecule has 40 heavy (non-hydrogen) atoms. The van der Waals surface area contributed by atoms with Crippen molar-refractivity contribution in [2.24, 2.45) is 0 Å². The van der Waals surface area contributed by atoms with Crippen molar-refractivity contribution in [3.63, 3.8) is 0 Å². The number of aromatic nitrogens is 3. The molecule has 0 spiro atoms. The topological polar surface area (TPSA) is 107 Å². The van der Waals surface area contributed by atoms with Crippen LogP contribution in [0.15, 0.2) is 23.3 Å². The minimum absolute atomic E-state index is 0.0253. The van der Waals surface area contributed by atoms with E-state index in [2.05, 4.69) is 15.4 Å². The summed E-state index contributed by atoms with van der Waals surface area (Å²) in [6.07, 6.45) is -7.00. The van der Waals surface area contributed by atoms with Crippen molar-refractivity contribution in [3.05, 3.63) is 39.9 Å². The van der Waals surface area contributed by atoms with Gasteiger partial charge in [-0.2, -0.15) is 31.4 Å². The van der Waals surface area contributed by atoms with Crippen LogP contribution in [0.2, 0.25) is 0 Å². The first-order valence-electron chi connectivity index (χ1n) is 12.6. The third-order valence-corrected chi connectivity index (χ3v) is 6.86. The standard InChI is InChI=1S/C24H29F6N7O3/c1-14(33-17-11-32-34-22(39)20(17)24(28,29)30)13-40-8-4-19(38)36-6-7-37-16(12-36)3-5-35(2)18-9-15(23(25,26)27)10-31-21(18)37/h9-11,14,16H,3-8,12-13H2,1-2H3,(H2,33,34,39)/t14-,16-/m0/s1. The zero-order valence-electron chi connectivity index (χ0n) is 21.8. The number of alkyl halides is 6. The summed E-state index contributed by atoms with van der Waals surface area (Å²) in [6, 6.07) is 0.365. The average Bonchev–Trinajstić information content (AvgIpc) is 3.01. The van der Waals surface area contributed by atoms with Gasteiger partial charge in [0.05, 0.1) is 42.8 Å². The third-order valence-electron chi connectivity index (χ3n) is 6.86. The number of H-pyrrole nitrogens is 1. The molecule has 2 aromatic heterocycles. The molecule has 0 aliphatic carbocycles. The molecular weight excluding hydrogens is 548 g/mol. The SMILES string of the molecule is C[C@@H](COCCC(=O)N1CCN2c3ncc(C(F)(F)F)cc3N(C)CC[C@H]2C1)Nc1cn[nH]c(=O)c1C(F)(F)F. The fourth-order valence-electron chi connectivity index (χ4n) is 4.85. The van der Waals surface area contributed by atoms with Gasteiger partial charge in [-0.3, -0.25) is 9.59 Å². The molecular formula is C24H29F6N7O3. The number of rotatable bonds is 7. The normalized spacial score (nSPS) is 18.6. The Balaban J connectivity index is 1.28. The maximum absolute atomic E-state index is 13.2. The van der Waals surface area contributed by atoms with Gasteiger partial charge < -0.3 is 24.8 Å². The smallest absolute Gasteiger partial charge is 0.379 e. The predicted molar refractivity (Wildman–Crippen MR) is 133 cm³/mol. The summed E-state index contributed by atoms with van der Waals surface area (Å²) in [5.74, 6) is 0.288. The number of hydrogen-bond acceptors (Lipinski definition) is 8. The van der Waals surface area contributed by atoms with Gasteiger partial charge >= 0.3 is 12.4 Å². The average molecular weight is 578 g/mol. The second-order valence-electron chi connectivity index (χ2n) is 9.82. The Morgan fingerprint density at radius 2 is 1.93 bits per heavy atom. The van der Waals surface area contributed by atoms with E-state index in [1.807, 2.05) is 4.90 Å². The number of nitrogens with zero attached hydrogens (tertiary/aromatic N) is 5. The fourth-order valence-corrected chi connectivity index (χ4v) is 4.85. The van der Waals surface area contributed by atoms with Crippen LogP contribution in [0.5, 0.6) is 0 Å². The number of pyridine rings is 1. The molecule has 0 radical (unpaired) electrons. The lowest BCUT2D eigenvalue weighted by atomic mass is 10.1. The monoisotopic (exact) mass is 577 g/mol. The molecule has 16 heteroatoms. The number of amides is 1. The number of piperazine rings is 1. The fraction of sp³-hybridized carbons (Fsp3) is 0.583. The zero-order chi connectivity index (χ0) is 29.2. The second-order valence-corrected chi connectivity index (χ2v) is 9.82. The van der Waals surface area contributed by atoms with Crippen LogP contribution in [-0.4, -0.2) is 84.5 Å². The van der Waals surface area contributed by atoms with Crippen molar-refractivity contribution in [2.45, 2.75) is 44.2 Å². The quantitative estimate of drug-likeness (QED) is 0.382. The van der Waals surface area contributed by atoms with Crippen LogP contribution in [-0.2, 0) is 21.9 Å². The summed E-state index contributed by atoms with van der Waals surface area (Å²) >= 11 is 0. The lowest BCUT2D eigenvalue weighted by Crippen LogP contribution is -2.55. The molecule has 0 bridgehead atoms. The van der Waals surface area contributed by atoms with E-state index in [1.165, 1.54) is 0 Å². The van der Waals surface area contributed by atoms with Gasteiger partial charge in [0.15, 0.2) is 5.82 Å². The number of anilines is 3. The van der Waals surface area contributed by atoms with E-state index >= 15 is 0 Å². The van der Waals surface area contributed by atoms with E-state index in [0.717, 1.165) is 18.5 Å². The van der Waals surface area contributed by atoms with E-state index in [0.29, 0.717) is 44.1 Å². The van der Waals surface area contributed by atoms with Crippen LogP contribution in [0.4, 0.5) is 43.5 Å². The molecule has 4 heterocycles. The summed E-state index contributed by atoms with van der Waals surface area (Å²) < 4.78 is 84.7. The molecule has 2 aromatic rings. The Morgan fingerprint density at radius 3 is 2.62 bits per heavy atom. The van der Waals surface area contributed by atoms with Crippen molar-refractivity contribution in [2.75, 3.05) is 61.6 Å². The Bertz CT molecular complexity index is 1270. The highest BCUT2D eigenvalue weighted by Crippen LogP contribution is 2.38. The number of nitrogens with one attached hydrogen (secondary N) is 2. The van der Waals surface area contributed by atoms with E-state index in [4.69, 9.17) is 4.74 Å². The van der Waals surface area contributed by atoms with Crippen LogP contribution in [0.3, 0.4) is 0 Å². The summed E-state index contributed by atoms with van der Waals surface area (Å²) in [4.78, 5) is 33.9. The number of carbonyl (C=O) groups is 1. The molecule has 220 valence electrons. The minimum atomic E-state index is -4.87. The van der Waals surface area contributed by atoms with E-state index in [1.54, 1.807) is 28.9 Å². The van der Waals surface area contributed by atoms with Crippen molar-refractivity contribution in [3.8, 4) is 0 Å². The number of aromatic amines is 1. The number of carbonyl (C=O) groups excluding carboxylic acids is 1. The van der Waals surface area contributed by atoms with E-state index < -0.39 is 40.8 Å². The summed E-state index contributed by atoms with van der Waals surface area (Å²) in [5.41, 5.74) is -3.63. The predicted octanol–water partition coefficient (Wildman–Crippen LogP) is 2.97. The van der Waals surface area contributed by atoms with Crippen molar-refractivity contribution >= 4 is 23.1 Å². The first-order valence-corrected chi connectivity index (χ1v) is 12.6. The Morgan fingerprint density at radius 1 is 1.18 bits per heavy atom. The molecule has 4 rings (SSSR count). The number of fused-ring (bicyclic) bond motifs is 3. The van der Waals surface area contributed by atoms with Crippen LogP contribution in [0.1, 0.15) is 30.9 Å². The van der Waals surface area contributed by atoms with Gasteiger partial charge in [-0.15, -0.1) is 0 Å². The van der Waals surface area contributed by atoms with Gasteiger partial charge in [-0.05, 0) is 19.4 Å². The highest BCUT2D eigenvalue weighted by Gasteiger charge is 2.38. The Kier molecular flexibility index (Phi) is 8.46. The first kappa shape index (κ1) is 29.4. The molecule has 2 aliphatic heterocycles. The van der Waals surface area contributed by atoms with Crippen LogP contribution < -0.4 is 20.7 Å². The molecule has 1 fully saturated rings. The Labute approximate surface area is 225 Å². The summed E-state index contributed by atoms with van der Waals surface area (Å²) in [7, 11) is 1.71. The van der Waals surface area contributed by atoms with Crippen molar-refractivity contribution in [1.82, 2.24) is 20.1 Å². The summed E-state index contributed by atoms with van der Waals surface area (Å²) in [5, 5.41) is 7.73. The second kappa shape index (κ2) is 11.5. The minimum Gasteiger partial charge on any atom is -0.379 e. The Hall–Kier alpha value is -3.56. The molecule has 1 saturated heterocycles. The third kappa shape index (κ3) is 6.59. The molecule has 2 N–H and O–H groups in total. The molecule has 2 aliphatic rings. The van der Waals surface area contributed by atoms with Crippen LogP contribution >= 0.6 is 0 Å². The van der Waals surface area contributed by atoms with Crippen LogP contribution in [0, 0.1) is 0 Å². The number of hydrogen-bond donors (Lipinski definition) is 2. The van der Waals surface area contributed by atoms with E-state index in [-0.39, 0.29) is 31.6 Å². The highest BCUT2D eigenvalue weighted by molar-refractivity contribution is 5.77.